The summed E-state index contributed by atoms with van der Waals surface area (Å²) in [7, 11) is 0. The zero-order chi connectivity index (χ0) is 10.6. The van der Waals surface area contributed by atoms with E-state index < -0.39 is 13.4 Å². The summed E-state index contributed by atoms with van der Waals surface area (Å²) in [6, 6.07) is 0.178. The Morgan fingerprint density at radius 1 is 1.14 bits per heavy atom. The van der Waals surface area contributed by atoms with Crippen LogP contribution >= 0.6 is 0 Å². The third-order valence-corrected chi connectivity index (χ3v) is 2.94. The maximum absolute atomic E-state index is 12.3. The third-order valence-electron chi connectivity index (χ3n) is 2.94. The molecule has 0 radical (unpaired) electrons. The molecule has 0 aromatic rings. The maximum atomic E-state index is 12.3. The second kappa shape index (κ2) is 5.05. The van der Waals surface area contributed by atoms with Gasteiger partial charge in [-0.1, -0.05) is 26.2 Å². The van der Waals surface area contributed by atoms with Crippen LogP contribution in [-0.4, -0.2) is 30.9 Å². The van der Waals surface area contributed by atoms with E-state index in [-0.39, 0.29) is 6.04 Å². The van der Waals surface area contributed by atoms with Crippen LogP contribution < -0.4 is 0 Å². The van der Waals surface area contributed by atoms with Gasteiger partial charge in [0.1, 0.15) is 0 Å². The van der Waals surface area contributed by atoms with E-state index in [0.29, 0.717) is 6.54 Å². The fourth-order valence-electron chi connectivity index (χ4n) is 2.25. The molecule has 0 saturated heterocycles. The molecule has 1 aliphatic carbocycles. The highest BCUT2D eigenvalue weighted by Crippen LogP contribution is 2.24. The molecule has 0 aromatic heterocycles. The van der Waals surface area contributed by atoms with E-state index in [1.54, 1.807) is 4.90 Å². The smallest absolute Gasteiger partial charge is 0.448 e. The largest absolute Gasteiger partial charge is 0.492 e. The Morgan fingerprint density at radius 3 is 2.14 bits per heavy atom. The van der Waals surface area contributed by atoms with Crippen LogP contribution in [0.15, 0.2) is 0 Å². The molecule has 1 aliphatic rings. The molecule has 0 N–H and O–H groups in total. The van der Waals surface area contributed by atoms with Gasteiger partial charge in [-0.05, 0) is 25.8 Å². The fraction of sp³-hybridized carbons (Fsp3) is 1.00. The first-order valence-electron chi connectivity index (χ1n) is 5.48. The van der Waals surface area contributed by atoms with Crippen LogP contribution in [0.25, 0.3) is 0 Å². The average Bonchev–Trinajstić information content (AvgIpc) is 2.14. The summed E-state index contributed by atoms with van der Waals surface area (Å²) in [5.41, 5.74) is 0. The van der Waals surface area contributed by atoms with Crippen LogP contribution in [0, 0.1) is 0 Å². The number of hydrogen-bond acceptors (Lipinski definition) is 1. The Kier molecular flexibility index (Phi) is 4.29. The van der Waals surface area contributed by atoms with Gasteiger partial charge >= 0.3 is 6.98 Å². The van der Waals surface area contributed by atoms with E-state index in [9.17, 15) is 12.9 Å². The molecular weight excluding hydrogens is 190 g/mol. The maximum Gasteiger partial charge on any atom is 0.492 e. The van der Waals surface area contributed by atoms with Gasteiger partial charge in [0, 0.05) is 6.04 Å². The van der Waals surface area contributed by atoms with Gasteiger partial charge < -0.3 is 17.8 Å². The second-order valence-corrected chi connectivity index (χ2v) is 4.09. The monoisotopic (exact) mass is 208 g/mol. The van der Waals surface area contributed by atoms with Crippen molar-refractivity contribution in [3.05, 3.63) is 0 Å². The Balaban J connectivity index is 2.43. The first-order chi connectivity index (χ1) is 6.53. The van der Waals surface area contributed by atoms with Crippen molar-refractivity contribution in [2.75, 3.05) is 13.0 Å². The van der Waals surface area contributed by atoms with Crippen molar-refractivity contribution in [3.63, 3.8) is 0 Å². The molecule has 0 amide bonds. The van der Waals surface area contributed by atoms with Crippen LogP contribution in [0.1, 0.15) is 39.0 Å². The normalized spacial score (nSPS) is 20.4. The zero-order valence-electron chi connectivity index (χ0n) is 8.69. The van der Waals surface area contributed by atoms with Gasteiger partial charge in [0.2, 0.25) is 0 Å². The highest BCUT2D eigenvalue weighted by Gasteiger charge is 2.29. The quantitative estimate of drug-likeness (QED) is 0.641. The van der Waals surface area contributed by atoms with Crippen LogP contribution in [0.4, 0.5) is 12.9 Å². The van der Waals surface area contributed by atoms with Crippen molar-refractivity contribution >= 4 is 6.98 Å². The van der Waals surface area contributed by atoms with E-state index in [1.165, 1.54) is 6.42 Å². The Hall–Kier alpha value is -0.185. The zero-order valence-corrected chi connectivity index (χ0v) is 8.69. The van der Waals surface area contributed by atoms with Crippen molar-refractivity contribution in [1.82, 2.24) is 4.90 Å². The van der Waals surface area contributed by atoms with E-state index >= 15 is 0 Å². The number of halogens is 3. The van der Waals surface area contributed by atoms with Gasteiger partial charge in [-0.2, -0.15) is 0 Å². The van der Waals surface area contributed by atoms with Crippen molar-refractivity contribution < 1.29 is 12.9 Å². The van der Waals surface area contributed by atoms with Crippen LogP contribution in [0.3, 0.4) is 0 Å². The molecule has 14 heavy (non-hydrogen) atoms. The predicted octanol–water partition coefficient (Wildman–Crippen LogP) is 3.03. The molecule has 0 bridgehead atoms. The molecule has 1 rings (SSSR count). The summed E-state index contributed by atoms with van der Waals surface area (Å²) >= 11 is 0. The molecule has 0 heterocycles. The minimum absolute atomic E-state index is 0.178. The van der Waals surface area contributed by atoms with E-state index in [1.807, 2.05) is 6.92 Å². The van der Waals surface area contributed by atoms with E-state index in [2.05, 4.69) is 0 Å². The van der Waals surface area contributed by atoms with Crippen LogP contribution in [0.5, 0.6) is 0 Å². The standard InChI is InChI=1S/C9H18BF3N/c1-2-14(8-10(11,12)13)9-6-4-3-5-7-9/h9H,2-8H2,1H3/q-1. The summed E-state index contributed by atoms with van der Waals surface area (Å²) in [6.45, 7) is -2.32. The number of rotatable bonds is 4. The number of hydrogen-bond donors (Lipinski definition) is 0. The SMILES string of the molecule is CCN(C[B-](F)(F)F)C1CCCCC1. The topological polar surface area (TPSA) is 3.24 Å². The Bertz CT molecular complexity index is 166. The summed E-state index contributed by atoms with van der Waals surface area (Å²) in [4.78, 5) is 1.60. The molecule has 0 unspecified atom stereocenters. The summed E-state index contributed by atoms with van der Waals surface area (Å²) in [5, 5.41) is 0. The molecular formula is C9H18BF3N-. The third kappa shape index (κ3) is 3.90. The lowest BCUT2D eigenvalue weighted by Gasteiger charge is -2.36. The molecule has 0 spiro atoms. The molecule has 0 aromatic carbocycles. The average molecular weight is 208 g/mol. The molecule has 5 heteroatoms. The molecule has 1 saturated carbocycles. The summed E-state index contributed by atoms with van der Waals surface area (Å²) < 4.78 is 36.8. The van der Waals surface area contributed by atoms with E-state index in [4.69, 9.17) is 0 Å². The lowest BCUT2D eigenvalue weighted by molar-refractivity contribution is 0.172. The first kappa shape index (κ1) is 11.9. The first-order valence-corrected chi connectivity index (χ1v) is 5.48. The Labute approximate surface area is 83.7 Å². The van der Waals surface area contributed by atoms with Crippen LogP contribution in [-0.2, 0) is 0 Å². The van der Waals surface area contributed by atoms with Crippen molar-refractivity contribution in [3.8, 4) is 0 Å². The van der Waals surface area contributed by atoms with Crippen molar-refractivity contribution in [1.29, 1.82) is 0 Å². The van der Waals surface area contributed by atoms with Crippen LogP contribution in [0.2, 0.25) is 0 Å². The fourth-order valence-corrected chi connectivity index (χ4v) is 2.25. The highest BCUT2D eigenvalue weighted by atomic mass is 19.4. The lowest BCUT2D eigenvalue weighted by Crippen LogP contribution is -2.44. The van der Waals surface area contributed by atoms with Crippen molar-refractivity contribution in [2.24, 2.45) is 0 Å². The highest BCUT2D eigenvalue weighted by molar-refractivity contribution is 6.58. The minimum atomic E-state index is -4.66. The van der Waals surface area contributed by atoms with Gasteiger partial charge in [0.05, 0.1) is 0 Å². The second-order valence-electron chi connectivity index (χ2n) is 4.09. The lowest BCUT2D eigenvalue weighted by atomic mass is 9.87. The predicted molar refractivity (Wildman–Crippen MR) is 53.2 cm³/mol. The molecule has 0 atom stereocenters. The molecule has 1 nitrogen and oxygen atoms in total. The summed E-state index contributed by atoms with van der Waals surface area (Å²) in [5.74, 6) is 0. The molecule has 1 fully saturated rings. The van der Waals surface area contributed by atoms with Gasteiger partial charge in [-0.15, -0.1) is 0 Å². The van der Waals surface area contributed by atoms with Gasteiger partial charge in [0.25, 0.3) is 0 Å². The van der Waals surface area contributed by atoms with E-state index in [0.717, 1.165) is 25.7 Å². The minimum Gasteiger partial charge on any atom is -0.448 e. The number of nitrogens with zero attached hydrogens (tertiary/aromatic N) is 1. The van der Waals surface area contributed by atoms with Gasteiger partial charge in [-0.3, -0.25) is 0 Å². The summed E-state index contributed by atoms with van der Waals surface area (Å²) in [6.07, 6.45) is 4.57. The molecule has 0 aliphatic heterocycles. The Morgan fingerprint density at radius 2 is 1.71 bits per heavy atom. The molecule has 84 valence electrons. The van der Waals surface area contributed by atoms with Gasteiger partial charge in [0.15, 0.2) is 0 Å². The van der Waals surface area contributed by atoms with Crippen molar-refractivity contribution in [2.45, 2.75) is 45.1 Å². The van der Waals surface area contributed by atoms with Gasteiger partial charge in [-0.25, -0.2) is 0 Å².